The molecule has 150 valence electrons. The van der Waals surface area contributed by atoms with Gasteiger partial charge in [-0.1, -0.05) is 12.1 Å². The van der Waals surface area contributed by atoms with Crippen molar-refractivity contribution in [3.63, 3.8) is 0 Å². The molecule has 5 nitrogen and oxygen atoms in total. The Balaban J connectivity index is 1.27. The van der Waals surface area contributed by atoms with Crippen molar-refractivity contribution in [2.24, 2.45) is 0 Å². The first-order valence-electron chi connectivity index (χ1n) is 9.61. The highest BCUT2D eigenvalue weighted by molar-refractivity contribution is 5.35. The number of benzene rings is 1. The lowest BCUT2D eigenvalue weighted by Crippen LogP contribution is -2.38. The number of likely N-dealkylation sites (tertiary alicyclic amines) is 1. The summed E-state index contributed by atoms with van der Waals surface area (Å²) >= 11 is 0. The smallest absolute Gasteiger partial charge is 0.406 e. The number of rotatable bonds is 6. The van der Waals surface area contributed by atoms with E-state index in [1.54, 1.807) is 6.07 Å². The summed E-state index contributed by atoms with van der Waals surface area (Å²) in [4.78, 5) is 11.2. The largest absolute Gasteiger partial charge is 0.573 e. The Labute approximate surface area is 161 Å². The molecule has 0 unspecified atom stereocenters. The van der Waals surface area contributed by atoms with Crippen LogP contribution in [0.25, 0.3) is 0 Å². The first-order valence-corrected chi connectivity index (χ1v) is 9.61. The molecule has 4 rings (SSSR count). The first kappa shape index (κ1) is 19.0. The monoisotopic (exact) mass is 392 g/mol. The third-order valence-electron chi connectivity index (χ3n) is 5.09. The van der Waals surface area contributed by atoms with Gasteiger partial charge in [0, 0.05) is 37.8 Å². The fourth-order valence-corrected chi connectivity index (χ4v) is 3.54. The van der Waals surface area contributed by atoms with Crippen molar-refractivity contribution in [3.8, 4) is 5.75 Å². The Kier molecular flexibility index (Phi) is 5.39. The molecule has 1 saturated heterocycles. The van der Waals surface area contributed by atoms with Crippen molar-refractivity contribution >= 4 is 5.82 Å². The minimum absolute atomic E-state index is 0.170. The van der Waals surface area contributed by atoms with Crippen LogP contribution in [0.5, 0.6) is 5.75 Å². The number of halogens is 3. The number of alkyl halides is 3. The first-order chi connectivity index (χ1) is 13.4. The van der Waals surface area contributed by atoms with Crippen LogP contribution in [-0.4, -0.2) is 40.4 Å². The van der Waals surface area contributed by atoms with Crippen LogP contribution in [0.4, 0.5) is 19.0 Å². The summed E-state index contributed by atoms with van der Waals surface area (Å²) < 4.78 is 41.1. The Morgan fingerprint density at radius 2 is 1.89 bits per heavy atom. The van der Waals surface area contributed by atoms with E-state index in [0.29, 0.717) is 18.5 Å². The molecule has 1 aromatic carbocycles. The number of anilines is 1. The number of nitrogens with one attached hydrogen (secondary N) is 1. The summed E-state index contributed by atoms with van der Waals surface area (Å²) in [7, 11) is 0. The SMILES string of the molecule is FC(F)(F)Oc1cccc(CN2CCC(Nc3ccnc(C4CC4)n3)CC2)c1. The van der Waals surface area contributed by atoms with Gasteiger partial charge in [-0.05, 0) is 49.4 Å². The van der Waals surface area contributed by atoms with Crippen molar-refractivity contribution in [2.75, 3.05) is 18.4 Å². The normalized spacial score (nSPS) is 18.8. The minimum Gasteiger partial charge on any atom is -0.406 e. The van der Waals surface area contributed by atoms with Crippen LogP contribution >= 0.6 is 0 Å². The fourth-order valence-electron chi connectivity index (χ4n) is 3.54. The number of hydrogen-bond acceptors (Lipinski definition) is 5. The van der Waals surface area contributed by atoms with Crippen LogP contribution in [0.1, 0.15) is 43.0 Å². The summed E-state index contributed by atoms with van der Waals surface area (Å²) in [6.07, 6.45) is 1.42. The van der Waals surface area contributed by atoms with Crippen molar-refractivity contribution < 1.29 is 17.9 Å². The second-order valence-electron chi connectivity index (χ2n) is 7.46. The van der Waals surface area contributed by atoms with E-state index in [-0.39, 0.29) is 5.75 Å². The van der Waals surface area contributed by atoms with Gasteiger partial charge in [-0.25, -0.2) is 9.97 Å². The maximum absolute atomic E-state index is 12.4. The Hall–Kier alpha value is -2.35. The number of piperidine rings is 1. The predicted octanol–water partition coefficient (Wildman–Crippen LogP) is 4.33. The van der Waals surface area contributed by atoms with Crippen molar-refractivity contribution in [1.82, 2.24) is 14.9 Å². The molecule has 1 aliphatic carbocycles. The molecule has 0 atom stereocenters. The maximum atomic E-state index is 12.4. The van der Waals surface area contributed by atoms with Crippen LogP contribution in [0.2, 0.25) is 0 Å². The van der Waals surface area contributed by atoms with Gasteiger partial charge in [0.05, 0.1) is 0 Å². The van der Waals surface area contributed by atoms with E-state index < -0.39 is 6.36 Å². The number of hydrogen-bond donors (Lipinski definition) is 1. The molecule has 0 radical (unpaired) electrons. The quantitative estimate of drug-likeness (QED) is 0.793. The van der Waals surface area contributed by atoms with Gasteiger partial charge in [-0.15, -0.1) is 13.2 Å². The van der Waals surface area contributed by atoms with E-state index in [4.69, 9.17) is 0 Å². The minimum atomic E-state index is -4.66. The van der Waals surface area contributed by atoms with Crippen molar-refractivity contribution in [2.45, 2.75) is 50.6 Å². The fraction of sp³-hybridized carbons (Fsp3) is 0.500. The van der Waals surface area contributed by atoms with Gasteiger partial charge in [-0.2, -0.15) is 0 Å². The Morgan fingerprint density at radius 1 is 1.11 bits per heavy atom. The van der Waals surface area contributed by atoms with Gasteiger partial charge in [0.1, 0.15) is 17.4 Å². The lowest BCUT2D eigenvalue weighted by molar-refractivity contribution is -0.274. The van der Waals surface area contributed by atoms with Crippen molar-refractivity contribution in [1.29, 1.82) is 0 Å². The molecular weight excluding hydrogens is 369 g/mol. The standard InChI is InChI=1S/C20H23F3N4O/c21-20(22,23)28-17-3-1-2-14(12-17)13-27-10-7-16(8-11-27)25-18-6-9-24-19(26-18)15-4-5-15/h1-3,6,9,12,15-16H,4-5,7-8,10-11,13H2,(H,24,25,26). The Morgan fingerprint density at radius 3 is 2.61 bits per heavy atom. The summed E-state index contributed by atoms with van der Waals surface area (Å²) in [5, 5.41) is 3.50. The summed E-state index contributed by atoms with van der Waals surface area (Å²) in [6.45, 7) is 2.37. The summed E-state index contributed by atoms with van der Waals surface area (Å²) in [6, 6.07) is 8.46. The van der Waals surface area contributed by atoms with Gasteiger partial charge < -0.3 is 10.1 Å². The van der Waals surface area contributed by atoms with Crippen LogP contribution in [-0.2, 0) is 6.54 Å². The lowest BCUT2D eigenvalue weighted by Gasteiger charge is -2.32. The topological polar surface area (TPSA) is 50.3 Å². The third kappa shape index (κ3) is 5.34. The van der Waals surface area contributed by atoms with Crippen LogP contribution < -0.4 is 10.1 Å². The number of nitrogens with zero attached hydrogens (tertiary/aromatic N) is 3. The highest BCUT2D eigenvalue weighted by atomic mass is 19.4. The molecule has 0 spiro atoms. The second kappa shape index (κ2) is 7.95. The summed E-state index contributed by atoms with van der Waals surface area (Å²) in [5.41, 5.74) is 0.818. The molecule has 0 amide bonds. The average Bonchev–Trinajstić information content (AvgIpc) is 3.48. The third-order valence-corrected chi connectivity index (χ3v) is 5.09. The van der Waals surface area contributed by atoms with E-state index >= 15 is 0 Å². The number of ether oxygens (including phenoxy) is 1. The van der Waals surface area contributed by atoms with E-state index in [1.807, 2.05) is 18.3 Å². The lowest BCUT2D eigenvalue weighted by atomic mass is 10.0. The highest BCUT2D eigenvalue weighted by Gasteiger charge is 2.31. The molecule has 2 aliphatic rings. The van der Waals surface area contributed by atoms with E-state index in [2.05, 4.69) is 24.9 Å². The van der Waals surface area contributed by atoms with Crippen LogP contribution in [0.15, 0.2) is 36.5 Å². The molecule has 1 N–H and O–H groups in total. The Bertz CT molecular complexity index is 802. The van der Waals surface area contributed by atoms with Gasteiger partial charge in [0.2, 0.25) is 0 Å². The predicted molar refractivity (Wildman–Crippen MR) is 99.1 cm³/mol. The summed E-state index contributed by atoms with van der Waals surface area (Å²) in [5.74, 6) is 2.17. The highest BCUT2D eigenvalue weighted by Crippen LogP contribution is 2.38. The van der Waals surface area contributed by atoms with Gasteiger partial charge in [-0.3, -0.25) is 4.90 Å². The molecule has 1 aromatic heterocycles. The maximum Gasteiger partial charge on any atom is 0.573 e. The zero-order valence-corrected chi connectivity index (χ0v) is 15.5. The zero-order chi connectivity index (χ0) is 19.6. The molecule has 1 aliphatic heterocycles. The molecule has 0 bridgehead atoms. The second-order valence-corrected chi connectivity index (χ2v) is 7.46. The molecule has 8 heteroatoms. The van der Waals surface area contributed by atoms with E-state index in [9.17, 15) is 13.2 Å². The van der Waals surface area contributed by atoms with Crippen LogP contribution in [0, 0.1) is 0 Å². The molecule has 2 aromatic rings. The van der Waals surface area contributed by atoms with Gasteiger partial charge in [0.25, 0.3) is 0 Å². The van der Waals surface area contributed by atoms with Crippen molar-refractivity contribution in [3.05, 3.63) is 47.9 Å². The van der Waals surface area contributed by atoms with Gasteiger partial charge in [0.15, 0.2) is 0 Å². The van der Waals surface area contributed by atoms with E-state index in [1.165, 1.54) is 25.0 Å². The van der Waals surface area contributed by atoms with Gasteiger partial charge >= 0.3 is 6.36 Å². The molecule has 1 saturated carbocycles. The molecule has 28 heavy (non-hydrogen) atoms. The molecular formula is C20H23F3N4O. The van der Waals surface area contributed by atoms with Crippen LogP contribution in [0.3, 0.4) is 0 Å². The zero-order valence-electron chi connectivity index (χ0n) is 15.5. The van der Waals surface area contributed by atoms with E-state index in [0.717, 1.165) is 43.1 Å². The molecule has 2 fully saturated rings. The molecule has 2 heterocycles. The number of aromatic nitrogens is 2. The average molecular weight is 392 g/mol.